The van der Waals surface area contributed by atoms with Crippen molar-refractivity contribution in [2.24, 2.45) is 5.92 Å². The quantitative estimate of drug-likeness (QED) is 0.840. The molecule has 1 amide bonds. The van der Waals surface area contributed by atoms with Gasteiger partial charge in [-0.25, -0.2) is 0 Å². The normalized spacial score (nSPS) is 35.0. The van der Waals surface area contributed by atoms with Gasteiger partial charge in [-0.2, -0.15) is 13.2 Å². The van der Waals surface area contributed by atoms with Crippen molar-refractivity contribution in [2.45, 2.75) is 69.6 Å². The molecular formula is C14H23F3N2O. The van der Waals surface area contributed by atoms with Gasteiger partial charge < -0.3 is 10.6 Å². The highest BCUT2D eigenvalue weighted by atomic mass is 19.4. The summed E-state index contributed by atoms with van der Waals surface area (Å²) in [5, 5.41) is 6.07. The Labute approximate surface area is 117 Å². The summed E-state index contributed by atoms with van der Waals surface area (Å²) in [5.41, 5.74) is -0.564. The van der Waals surface area contributed by atoms with Crippen molar-refractivity contribution in [3.05, 3.63) is 0 Å². The molecule has 0 bridgehead atoms. The molecule has 0 aromatic carbocycles. The maximum Gasteiger partial charge on any atom is 0.391 e. The Hall–Kier alpha value is -0.780. The first kappa shape index (κ1) is 15.6. The van der Waals surface area contributed by atoms with Gasteiger partial charge in [0.05, 0.1) is 11.5 Å². The summed E-state index contributed by atoms with van der Waals surface area (Å²) >= 11 is 0. The molecule has 1 saturated heterocycles. The molecule has 0 aromatic heterocycles. The standard InChI is InChI=1S/C14H23F3N2O/c1-2-13(7-4-8-18-13)12(20)19-11-6-3-5-10(9-11)14(15,16)17/h10-11,18H,2-9H2,1H3,(H,19,20). The fourth-order valence-electron chi connectivity index (χ4n) is 3.40. The lowest BCUT2D eigenvalue weighted by atomic mass is 9.84. The Kier molecular flexibility index (Phi) is 4.62. The van der Waals surface area contributed by atoms with E-state index in [-0.39, 0.29) is 24.8 Å². The highest BCUT2D eigenvalue weighted by Crippen LogP contribution is 2.37. The van der Waals surface area contributed by atoms with Crippen LogP contribution in [0, 0.1) is 5.92 Å². The van der Waals surface area contributed by atoms with Crippen LogP contribution in [0.3, 0.4) is 0 Å². The molecule has 1 heterocycles. The van der Waals surface area contributed by atoms with Gasteiger partial charge in [-0.1, -0.05) is 13.3 Å². The summed E-state index contributed by atoms with van der Waals surface area (Å²) in [7, 11) is 0. The number of amides is 1. The molecule has 1 aliphatic heterocycles. The van der Waals surface area contributed by atoms with E-state index in [1.165, 1.54) is 0 Å². The number of halogens is 3. The highest BCUT2D eigenvalue weighted by Gasteiger charge is 2.44. The smallest absolute Gasteiger partial charge is 0.352 e. The van der Waals surface area contributed by atoms with Crippen LogP contribution >= 0.6 is 0 Å². The van der Waals surface area contributed by atoms with Gasteiger partial charge >= 0.3 is 6.18 Å². The number of alkyl halides is 3. The van der Waals surface area contributed by atoms with E-state index in [1.807, 2.05) is 6.92 Å². The molecule has 0 spiro atoms. The topological polar surface area (TPSA) is 41.1 Å². The van der Waals surface area contributed by atoms with E-state index < -0.39 is 17.6 Å². The molecule has 6 heteroatoms. The zero-order valence-electron chi connectivity index (χ0n) is 11.9. The molecule has 0 radical (unpaired) electrons. The highest BCUT2D eigenvalue weighted by molar-refractivity contribution is 5.86. The second-order valence-electron chi connectivity index (χ2n) is 6.04. The van der Waals surface area contributed by atoms with Gasteiger partial charge in [0.2, 0.25) is 5.91 Å². The van der Waals surface area contributed by atoms with Gasteiger partial charge in [0, 0.05) is 6.04 Å². The molecule has 2 fully saturated rings. The van der Waals surface area contributed by atoms with Crippen LogP contribution in [0.25, 0.3) is 0 Å². The zero-order valence-corrected chi connectivity index (χ0v) is 11.9. The first-order chi connectivity index (χ1) is 9.37. The van der Waals surface area contributed by atoms with E-state index in [0.29, 0.717) is 19.3 Å². The molecule has 3 nitrogen and oxygen atoms in total. The summed E-state index contributed by atoms with van der Waals surface area (Å²) in [6, 6.07) is -0.339. The average molecular weight is 292 g/mol. The van der Waals surface area contributed by atoms with Crippen molar-refractivity contribution in [1.29, 1.82) is 0 Å². The minimum Gasteiger partial charge on any atom is -0.352 e. The summed E-state index contributed by atoms with van der Waals surface area (Å²) in [6.07, 6.45) is -0.366. The van der Waals surface area contributed by atoms with E-state index in [4.69, 9.17) is 0 Å². The van der Waals surface area contributed by atoms with E-state index in [0.717, 1.165) is 19.4 Å². The Morgan fingerprint density at radius 3 is 2.65 bits per heavy atom. The number of carbonyl (C=O) groups is 1. The Morgan fingerprint density at radius 2 is 2.10 bits per heavy atom. The summed E-state index contributed by atoms with van der Waals surface area (Å²) in [6.45, 7) is 2.74. The number of hydrogen-bond acceptors (Lipinski definition) is 2. The lowest BCUT2D eigenvalue weighted by Gasteiger charge is -2.34. The van der Waals surface area contributed by atoms with Crippen LogP contribution in [0.1, 0.15) is 51.9 Å². The van der Waals surface area contributed by atoms with Crippen LogP contribution in [0.15, 0.2) is 0 Å². The molecule has 1 aliphatic carbocycles. The molecule has 3 unspecified atom stereocenters. The van der Waals surface area contributed by atoms with Crippen molar-refractivity contribution < 1.29 is 18.0 Å². The van der Waals surface area contributed by atoms with Crippen LogP contribution in [-0.4, -0.2) is 30.2 Å². The summed E-state index contributed by atoms with van der Waals surface area (Å²) < 4.78 is 38.3. The van der Waals surface area contributed by atoms with E-state index in [9.17, 15) is 18.0 Å². The molecule has 3 atom stereocenters. The lowest BCUT2D eigenvalue weighted by molar-refractivity contribution is -0.184. The maximum absolute atomic E-state index is 12.8. The van der Waals surface area contributed by atoms with Gasteiger partial charge in [0.1, 0.15) is 0 Å². The van der Waals surface area contributed by atoms with E-state index in [2.05, 4.69) is 10.6 Å². The van der Waals surface area contributed by atoms with Crippen molar-refractivity contribution in [3.8, 4) is 0 Å². The summed E-state index contributed by atoms with van der Waals surface area (Å²) in [5.74, 6) is -1.39. The van der Waals surface area contributed by atoms with Crippen molar-refractivity contribution in [3.63, 3.8) is 0 Å². The van der Waals surface area contributed by atoms with Crippen molar-refractivity contribution in [1.82, 2.24) is 10.6 Å². The molecule has 2 rings (SSSR count). The SMILES string of the molecule is CCC1(C(=O)NC2CCCC(C(F)(F)F)C2)CCCN1. The largest absolute Gasteiger partial charge is 0.391 e. The van der Waals surface area contributed by atoms with E-state index >= 15 is 0 Å². The third-order valence-electron chi connectivity index (χ3n) is 4.75. The van der Waals surface area contributed by atoms with Gasteiger partial charge in [-0.05, 0) is 45.1 Å². The van der Waals surface area contributed by atoms with Gasteiger partial charge in [0.15, 0.2) is 0 Å². The minimum absolute atomic E-state index is 0.0229. The van der Waals surface area contributed by atoms with Crippen LogP contribution in [0.5, 0.6) is 0 Å². The van der Waals surface area contributed by atoms with Crippen molar-refractivity contribution in [2.75, 3.05) is 6.54 Å². The Morgan fingerprint density at radius 1 is 1.35 bits per heavy atom. The van der Waals surface area contributed by atoms with Crippen LogP contribution < -0.4 is 10.6 Å². The lowest BCUT2D eigenvalue weighted by Crippen LogP contribution is -2.56. The van der Waals surface area contributed by atoms with Crippen LogP contribution in [0.4, 0.5) is 13.2 Å². The fourth-order valence-corrected chi connectivity index (χ4v) is 3.40. The van der Waals surface area contributed by atoms with Crippen LogP contribution in [0.2, 0.25) is 0 Å². The number of rotatable bonds is 3. The molecular weight excluding hydrogens is 269 g/mol. The second kappa shape index (κ2) is 5.92. The first-order valence-electron chi connectivity index (χ1n) is 7.50. The molecule has 2 aliphatic rings. The molecule has 116 valence electrons. The van der Waals surface area contributed by atoms with Gasteiger partial charge in [-0.3, -0.25) is 4.79 Å². The van der Waals surface area contributed by atoms with Crippen LogP contribution in [-0.2, 0) is 4.79 Å². The summed E-state index contributed by atoms with van der Waals surface area (Å²) in [4.78, 5) is 12.4. The average Bonchev–Trinajstić information content (AvgIpc) is 2.88. The molecule has 2 N–H and O–H groups in total. The second-order valence-corrected chi connectivity index (χ2v) is 6.04. The predicted octanol–water partition coefficient (Wildman–Crippen LogP) is 2.76. The van der Waals surface area contributed by atoms with E-state index in [1.54, 1.807) is 0 Å². The van der Waals surface area contributed by atoms with Crippen molar-refractivity contribution >= 4 is 5.91 Å². The maximum atomic E-state index is 12.8. The number of carbonyl (C=O) groups excluding carboxylic acids is 1. The predicted molar refractivity (Wildman–Crippen MR) is 70.2 cm³/mol. The third kappa shape index (κ3) is 3.27. The molecule has 0 aromatic rings. The van der Waals surface area contributed by atoms with Gasteiger partial charge in [0.25, 0.3) is 0 Å². The Balaban J connectivity index is 1.94. The molecule has 20 heavy (non-hydrogen) atoms. The zero-order chi connectivity index (χ0) is 14.8. The number of hydrogen-bond donors (Lipinski definition) is 2. The monoisotopic (exact) mass is 292 g/mol. The minimum atomic E-state index is -4.14. The molecule has 1 saturated carbocycles. The van der Waals surface area contributed by atoms with Gasteiger partial charge in [-0.15, -0.1) is 0 Å². The third-order valence-corrected chi connectivity index (χ3v) is 4.75. The fraction of sp³-hybridized carbons (Fsp3) is 0.929. The number of nitrogens with one attached hydrogen (secondary N) is 2. The first-order valence-corrected chi connectivity index (χ1v) is 7.50. The Bertz CT molecular complexity index is 351.